The van der Waals surface area contributed by atoms with Crippen LogP contribution in [0.5, 0.6) is 0 Å². The lowest BCUT2D eigenvalue weighted by atomic mass is 10.00. The number of benzene rings is 1. The fraction of sp³-hybridized carbons (Fsp3) is 0.533. The lowest BCUT2D eigenvalue weighted by Gasteiger charge is -2.31. The normalized spacial score (nSPS) is 13.3. The van der Waals surface area contributed by atoms with Gasteiger partial charge in [0.05, 0.1) is 13.2 Å². The summed E-state index contributed by atoms with van der Waals surface area (Å²) in [6, 6.07) is 5.91. The molecular formula is C15H24ClN3O2. The van der Waals surface area contributed by atoms with Crippen LogP contribution in [0.3, 0.4) is 0 Å². The van der Waals surface area contributed by atoms with Crippen LogP contribution in [0.25, 0.3) is 0 Å². The standard InChI is InChI=1S/C15H23N3O2.ClH/c1-2-20-10-8-17-15(19)11-18-9-4-5-12-13(16)6-3-7-14(12)18;/h3,6-7H,2,4-5,8-11,16H2,1H3,(H,17,19);1H. The van der Waals surface area contributed by atoms with Gasteiger partial charge in [0, 0.05) is 31.1 Å². The first-order chi connectivity index (χ1) is 9.72. The number of ether oxygens (including phenoxy) is 1. The number of nitrogens with one attached hydrogen (secondary N) is 1. The third-order valence-corrected chi connectivity index (χ3v) is 3.49. The van der Waals surface area contributed by atoms with Gasteiger partial charge in [0.2, 0.25) is 5.91 Å². The van der Waals surface area contributed by atoms with Crippen molar-refractivity contribution in [1.29, 1.82) is 0 Å². The quantitative estimate of drug-likeness (QED) is 0.618. The fourth-order valence-corrected chi connectivity index (χ4v) is 2.53. The van der Waals surface area contributed by atoms with Crippen molar-refractivity contribution in [2.75, 3.05) is 43.5 Å². The monoisotopic (exact) mass is 313 g/mol. The van der Waals surface area contributed by atoms with Crippen LogP contribution in [0.4, 0.5) is 11.4 Å². The predicted molar refractivity (Wildman–Crippen MR) is 88.1 cm³/mol. The summed E-state index contributed by atoms with van der Waals surface area (Å²) in [4.78, 5) is 14.0. The molecule has 6 heteroatoms. The van der Waals surface area contributed by atoms with E-state index in [1.165, 1.54) is 5.56 Å². The molecule has 1 aliphatic heterocycles. The Morgan fingerprint density at radius 2 is 2.29 bits per heavy atom. The molecule has 1 amide bonds. The van der Waals surface area contributed by atoms with E-state index in [9.17, 15) is 4.79 Å². The van der Waals surface area contributed by atoms with E-state index < -0.39 is 0 Å². The van der Waals surface area contributed by atoms with Gasteiger partial charge in [0.1, 0.15) is 0 Å². The maximum absolute atomic E-state index is 11.9. The molecule has 118 valence electrons. The number of rotatable bonds is 6. The molecule has 0 unspecified atom stereocenters. The smallest absolute Gasteiger partial charge is 0.239 e. The summed E-state index contributed by atoms with van der Waals surface area (Å²) in [5.74, 6) is 0.0278. The van der Waals surface area contributed by atoms with E-state index in [0.29, 0.717) is 26.3 Å². The van der Waals surface area contributed by atoms with E-state index in [1.807, 2.05) is 25.1 Å². The van der Waals surface area contributed by atoms with E-state index in [-0.39, 0.29) is 18.3 Å². The maximum Gasteiger partial charge on any atom is 0.239 e. The average Bonchev–Trinajstić information content (AvgIpc) is 2.45. The number of halogens is 1. The molecule has 0 aliphatic carbocycles. The molecule has 1 heterocycles. The Bertz CT molecular complexity index is 468. The second-order valence-corrected chi connectivity index (χ2v) is 4.92. The zero-order chi connectivity index (χ0) is 14.4. The molecule has 0 spiro atoms. The largest absolute Gasteiger partial charge is 0.398 e. The van der Waals surface area contributed by atoms with E-state index in [0.717, 1.165) is 30.8 Å². The molecule has 0 saturated carbocycles. The predicted octanol–water partition coefficient (Wildman–Crippen LogP) is 1.60. The number of hydrogen-bond donors (Lipinski definition) is 2. The van der Waals surface area contributed by atoms with Crippen molar-refractivity contribution in [2.45, 2.75) is 19.8 Å². The van der Waals surface area contributed by atoms with Crippen molar-refractivity contribution < 1.29 is 9.53 Å². The van der Waals surface area contributed by atoms with Gasteiger partial charge >= 0.3 is 0 Å². The summed E-state index contributed by atoms with van der Waals surface area (Å²) < 4.78 is 5.20. The van der Waals surface area contributed by atoms with Gasteiger partial charge in [-0.15, -0.1) is 12.4 Å². The molecule has 1 aromatic carbocycles. The molecule has 0 bridgehead atoms. The molecule has 0 fully saturated rings. The number of nitrogen functional groups attached to an aromatic ring is 1. The second kappa shape index (κ2) is 8.74. The highest BCUT2D eigenvalue weighted by atomic mass is 35.5. The van der Waals surface area contributed by atoms with Crippen LogP contribution in [0.2, 0.25) is 0 Å². The van der Waals surface area contributed by atoms with E-state index in [1.54, 1.807) is 0 Å². The van der Waals surface area contributed by atoms with Crippen LogP contribution in [-0.4, -0.2) is 38.8 Å². The third kappa shape index (κ3) is 4.79. The number of hydrogen-bond acceptors (Lipinski definition) is 4. The summed E-state index contributed by atoms with van der Waals surface area (Å²) in [5, 5.41) is 2.87. The number of carbonyl (C=O) groups excluding carboxylic acids is 1. The number of carbonyl (C=O) groups is 1. The van der Waals surface area contributed by atoms with Crippen molar-refractivity contribution in [1.82, 2.24) is 5.32 Å². The highest BCUT2D eigenvalue weighted by Gasteiger charge is 2.20. The summed E-state index contributed by atoms with van der Waals surface area (Å²) in [5.41, 5.74) is 9.09. The van der Waals surface area contributed by atoms with Gasteiger partial charge in [0.25, 0.3) is 0 Å². The highest BCUT2D eigenvalue weighted by Crippen LogP contribution is 2.30. The Morgan fingerprint density at radius 3 is 3.05 bits per heavy atom. The van der Waals surface area contributed by atoms with E-state index >= 15 is 0 Å². The Balaban J connectivity index is 0.00000220. The minimum absolute atomic E-state index is 0. The van der Waals surface area contributed by atoms with Gasteiger partial charge in [-0.05, 0) is 37.5 Å². The third-order valence-electron chi connectivity index (χ3n) is 3.49. The zero-order valence-corrected chi connectivity index (χ0v) is 13.2. The first-order valence-electron chi connectivity index (χ1n) is 7.19. The molecule has 5 nitrogen and oxygen atoms in total. The first-order valence-corrected chi connectivity index (χ1v) is 7.19. The lowest BCUT2D eigenvalue weighted by Crippen LogP contribution is -2.40. The number of anilines is 2. The Labute approximate surface area is 132 Å². The van der Waals surface area contributed by atoms with Gasteiger partial charge in [0.15, 0.2) is 0 Å². The van der Waals surface area contributed by atoms with Crippen molar-refractivity contribution in [3.05, 3.63) is 23.8 Å². The van der Waals surface area contributed by atoms with Gasteiger partial charge in [-0.2, -0.15) is 0 Å². The molecule has 2 rings (SSSR count). The zero-order valence-electron chi connectivity index (χ0n) is 12.4. The molecule has 1 aromatic rings. The number of nitrogens with two attached hydrogens (primary N) is 1. The molecular weight excluding hydrogens is 290 g/mol. The van der Waals surface area contributed by atoms with E-state index in [4.69, 9.17) is 10.5 Å². The summed E-state index contributed by atoms with van der Waals surface area (Å²) in [6.45, 7) is 5.01. The van der Waals surface area contributed by atoms with Gasteiger partial charge in [-0.1, -0.05) is 6.07 Å². The Kier molecular flexibility index (Phi) is 7.32. The minimum Gasteiger partial charge on any atom is -0.398 e. The molecule has 0 saturated heterocycles. The van der Waals surface area contributed by atoms with Crippen LogP contribution in [-0.2, 0) is 16.0 Å². The molecule has 3 N–H and O–H groups in total. The maximum atomic E-state index is 11.9. The van der Waals surface area contributed by atoms with Crippen molar-refractivity contribution in [2.24, 2.45) is 0 Å². The average molecular weight is 314 g/mol. The first kappa shape index (κ1) is 17.6. The molecule has 0 radical (unpaired) electrons. The molecule has 1 aliphatic rings. The number of nitrogens with zero attached hydrogens (tertiary/aromatic N) is 1. The van der Waals surface area contributed by atoms with Crippen LogP contribution in [0.1, 0.15) is 18.9 Å². The Hall–Kier alpha value is -1.46. The molecule has 0 atom stereocenters. The van der Waals surface area contributed by atoms with Crippen LogP contribution >= 0.6 is 12.4 Å². The number of fused-ring (bicyclic) bond motifs is 1. The summed E-state index contributed by atoms with van der Waals surface area (Å²) >= 11 is 0. The summed E-state index contributed by atoms with van der Waals surface area (Å²) in [6.07, 6.45) is 2.03. The van der Waals surface area contributed by atoms with Crippen molar-refractivity contribution in [3.63, 3.8) is 0 Å². The summed E-state index contributed by atoms with van der Waals surface area (Å²) in [7, 11) is 0. The van der Waals surface area contributed by atoms with Crippen LogP contribution in [0.15, 0.2) is 18.2 Å². The van der Waals surface area contributed by atoms with Gasteiger partial charge in [-0.25, -0.2) is 0 Å². The van der Waals surface area contributed by atoms with E-state index in [2.05, 4.69) is 10.2 Å². The number of amides is 1. The topological polar surface area (TPSA) is 67.6 Å². The van der Waals surface area contributed by atoms with Crippen molar-refractivity contribution >= 4 is 29.7 Å². The van der Waals surface area contributed by atoms with Crippen LogP contribution < -0.4 is 16.0 Å². The SMILES string of the molecule is CCOCCNC(=O)CN1CCCc2c(N)cccc21.Cl. The molecule has 21 heavy (non-hydrogen) atoms. The molecule has 0 aromatic heterocycles. The Morgan fingerprint density at radius 1 is 1.48 bits per heavy atom. The van der Waals surface area contributed by atoms with Gasteiger partial charge in [-0.3, -0.25) is 4.79 Å². The second-order valence-electron chi connectivity index (χ2n) is 4.92. The minimum atomic E-state index is 0. The lowest BCUT2D eigenvalue weighted by molar-refractivity contribution is -0.120. The van der Waals surface area contributed by atoms with Gasteiger partial charge < -0.3 is 20.7 Å². The fourth-order valence-electron chi connectivity index (χ4n) is 2.53. The van der Waals surface area contributed by atoms with Crippen molar-refractivity contribution in [3.8, 4) is 0 Å². The van der Waals surface area contributed by atoms with Crippen LogP contribution in [0, 0.1) is 0 Å². The highest BCUT2D eigenvalue weighted by molar-refractivity contribution is 5.85.